The Morgan fingerprint density at radius 3 is 2.71 bits per heavy atom. The molecule has 8 heteroatoms. The summed E-state index contributed by atoms with van der Waals surface area (Å²) in [6, 6.07) is 8.18. The number of allylic oxidation sites excluding steroid dienone is 1. The molecule has 5 rings (SSSR count). The van der Waals surface area contributed by atoms with Crippen LogP contribution in [0.25, 0.3) is 11.1 Å². The summed E-state index contributed by atoms with van der Waals surface area (Å²) in [5.74, 6) is 0.380. The maximum atomic E-state index is 13.9. The Morgan fingerprint density at radius 2 is 2.03 bits per heavy atom. The van der Waals surface area contributed by atoms with E-state index in [1.807, 2.05) is 39.0 Å². The molecule has 1 aromatic carbocycles. The van der Waals surface area contributed by atoms with Crippen molar-refractivity contribution in [1.82, 2.24) is 4.98 Å². The molecule has 0 saturated carbocycles. The molecule has 7 nitrogen and oxygen atoms in total. The van der Waals surface area contributed by atoms with Gasteiger partial charge in [-0.25, -0.2) is 9.37 Å². The summed E-state index contributed by atoms with van der Waals surface area (Å²) < 4.78 is 25.2. The predicted octanol–water partition coefficient (Wildman–Crippen LogP) is 4.56. The van der Waals surface area contributed by atoms with Crippen LogP contribution in [0.5, 0.6) is 0 Å². The van der Waals surface area contributed by atoms with Crippen molar-refractivity contribution in [2.45, 2.75) is 39.2 Å². The highest BCUT2D eigenvalue weighted by Gasteiger charge is 2.38. The highest BCUT2D eigenvalue weighted by atomic mass is 19.1. The van der Waals surface area contributed by atoms with Crippen LogP contribution in [-0.2, 0) is 19.1 Å². The molecule has 1 N–H and O–H groups in total. The zero-order valence-electron chi connectivity index (χ0n) is 20.1. The minimum absolute atomic E-state index is 0.0510. The molecule has 1 fully saturated rings. The van der Waals surface area contributed by atoms with Gasteiger partial charge in [-0.1, -0.05) is 0 Å². The molecule has 2 aromatic rings. The molecule has 1 aromatic heterocycles. The highest BCUT2D eigenvalue weighted by molar-refractivity contribution is 6.32. The summed E-state index contributed by atoms with van der Waals surface area (Å²) in [4.78, 5) is 31.5. The standard InChI is InChI=1S/C27H28FN3O4/c1-4-34-26(33)16-9-11-31(12-10-16)23-8-5-17(15-29-23)20-14-22(35-27(20,2)3)24-19-13-18(28)6-7-21(19)30-25(24)32/h5-8,13-16H,4,9-12H2,1-3H3,(H,30,32). The molecular formula is C27H28FN3O4. The fourth-order valence-corrected chi connectivity index (χ4v) is 4.94. The fraction of sp³-hybridized carbons (Fsp3) is 0.370. The maximum Gasteiger partial charge on any atom is 0.309 e. The average molecular weight is 478 g/mol. The summed E-state index contributed by atoms with van der Waals surface area (Å²) in [5.41, 5.74) is 2.47. The minimum atomic E-state index is -0.695. The average Bonchev–Trinajstić information content (AvgIpc) is 3.33. The maximum absolute atomic E-state index is 13.9. The summed E-state index contributed by atoms with van der Waals surface area (Å²) in [5, 5.41) is 2.77. The van der Waals surface area contributed by atoms with Gasteiger partial charge in [0.25, 0.3) is 5.91 Å². The van der Waals surface area contributed by atoms with E-state index >= 15 is 0 Å². The number of anilines is 2. The van der Waals surface area contributed by atoms with Crippen LogP contribution in [0.15, 0.2) is 48.4 Å². The first-order valence-electron chi connectivity index (χ1n) is 11.9. The Hall–Kier alpha value is -3.68. The molecule has 3 aliphatic heterocycles. The number of benzene rings is 1. The molecule has 1 amide bonds. The van der Waals surface area contributed by atoms with Gasteiger partial charge in [-0.05, 0) is 70.0 Å². The van der Waals surface area contributed by atoms with Crippen molar-refractivity contribution in [2.24, 2.45) is 5.92 Å². The van der Waals surface area contributed by atoms with Gasteiger partial charge in [0.1, 0.15) is 23.0 Å². The van der Waals surface area contributed by atoms with E-state index in [1.54, 1.807) is 12.3 Å². The number of hydrogen-bond donors (Lipinski definition) is 1. The zero-order chi connectivity index (χ0) is 24.7. The van der Waals surface area contributed by atoms with Crippen molar-refractivity contribution in [3.63, 3.8) is 0 Å². The SMILES string of the molecule is CCOC(=O)C1CCN(c2ccc(C3=CC(=C4C(=O)Nc5ccc(F)cc54)OC3(C)C)cn2)CC1. The van der Waals surface area contributed by atoms with Gasteiger partial charge in [-0.3, -0.25) is 9.59 Å². The van der Waals surface area contributed by atoms with Gasteiger partial charge in [0.15, 0.2) is 0 Å². The number of ether oxygens (including phenoxy) is 2. The number of halogens is 1. The highest BCUT2D eigenvalue weighted by Crippen LogP contribution is 2.44. The second kappa shape index (κ2) is 8.83. The predicted molar refractivity (Wildman–Crippen MR) is 131 cm³/mol. The lowest BCUT2D eigenvalue weighted by Gasteiger charge is -2.32. The van der Waals surface area contributed by atoms with Crippen molar-refractivity contribution < 1.29 is 23.5 Å². The summed E-state index contributed by atoms with van der Waals surface area (Å²) in [6.07, 6.45) is 5.14. The summed E-state index contributed by atoms with van der Waals surface area (Å²) in [6.45, 7) is 7.58. The van der Waals surface area contributed by atoms with Crippen LogP contribution in [0.2, 0.25) is 0 Å². The Bertz CT molecular complexity index is 1240. The molecule has 0 bridgehead atoms. The molecule has 3 aliphatic rings. The molecule has 182 valence electrons. The van der Waals surface area contributed by atoms with Crippen molar-refractivity contribution in [1.29, 1.82) is 0 Å². The number of aromatic nitrogens is 1. The molecule has 0 unspecified atom stereocenters. The molecule has 0 radical (unpaired) electrons. The van der Waals surface area contributed by atoms with E-state index in [9.17, 15) is 14.0 Å². The van der Waals surface area contributed by atoms with E-state index < -0.39 is 11.4 Å². The van der Waals surface area contributed by atoms with Crippen LogP contribution in [0.1, 0.15) is 44.7 Å². The van der Waals surface area contributed by atoms with Crippen LogP contribution < -0.4 is 10.2 Å². The van der Waals surface area contributed by atoms with Gasteiger partial charge in [-0.2, -0.15) is 0 Å². The van der Waals surface area contributed by atoms with Crippen molar-refractivity contribution in [2.75, 3.05) is 29.9 Å². The lowest BCUT2D eigenvalue weighted by molar-refractivity contribution is -0.148. The largest absolute Gasteiger partial charge is 0.482 e. The molecule has 0 spiro atoms. The Labute approximate surface area is 203 Å². The number of nitrogens with zero attached hydrogens (tertiary/aromatic N) is 2. The summed E-state index contributed by atoms with van der Waals surface area (Å²) >= 11 is 0. The third-order valence-corrected chi connectivity index (χ3v) is 6.76. The fourth-order valence-electron chi connectivity index (χ4n) is 4.94. The first-order valence-corrected chi connectivity index (χ1v) is 11.9. The van der Waals surface area contributed by atoms with E-state index in [4.69, 9.17) is 9.47 Å². The first kappa shape index (κ1) is 23.1. The topological polar surface area (TPSA) is 80.8 Å². The zero-order valence-corrected chi connectivity index (χ0v) is 20.1. The lowest BCUT2D eigenvalue weighted by atomic mass is 9.93. The number of rotatable bonds is 4. The van der Waals surface area contributed by atoms with Gasteiger partial charge < -0.3 is 19.7 Å². The minimum Gasteiger partial charge on any atom is -0.482 e. The Kier molecular flexibility index (Phi) is 5.83. The molecular weight excluding hydrogens is 449 g/mol. The number of hydrogen-bond acceptors (Lipinski definition) is 6. The molecule has 4 heterocycles. The van der Waals surface area contributed by atoms with Crippen LogP contribution in [0.4, 0.5) is 15.9 Å². The van der Waals surface area contributed by atoms with Crippen molar-refractivity contribution in [3.8, 4) is 0 Å². The number of fused-ring (bicyclic) bond motifs is 1. The Balaban J connectivity index is 1.38. The van der Waals surface area contributed by atoms with Crippen LogP contribution >= 0.6 is 0 Å². The third-order valence-electron chi connectivity index (χ3n) is 6.76. The molecule has 35 heavy (non-hydrogen) atoms. The lowest BCUT2D eigenvalue weighted by Crippen LogP contribution is -2.37. The van der Waals surface area contributed by atoms with Crippen molar-refractivity contribution in [3.05, 3.63) is 65.3 Å². The molecule has 0 atom stereocenters. The number of carbonyl (C=O) groups is 2. The third kappa shape index (κ3) is 4.29. The molecule has 0 aliphatic carbocycles. The monoisotopic (exact) mass is 477 g/mol. The second-order valence-electron chi connectivity index (χ2n) is 9.47. The van der Waals surface area contributed by atoms with Crippen LogP contribution in [0.3, 0.4) is 0 Å². The van der Waals surface area contributed by atoms with Gasteiger partial charge in [0, 0.05) is 41.7 Å². The number of carbonyl (C=O) groups excluding carboxylic acids is 2. The van der Waals surface area contributed by atoms with E-state index in [2.05, 4.69) is 15.2 Å². The van der Waals surface area contributed by atoms with Crippen LogP contribution in [-0.4, -0.2) is 42.2 Å². The van der Waals surface area contributed by atoms with Gasteiger partial charge in [-0.15, -0.1) is 0 Å². The van der Waals surface area contributed by atoms with Gasteiger partial charge >= 0.3 is 5.97 Å². The van der Waals surface area contributed by atoms with Crippen LogP contribution in [0, 0.1) is 11.7 Å². The number of nitrogens with one attached hydrogen (secondary N) is 1. The van der Waals surface area contributed by atoms with E-state index in [0.717, 1.165) is 42.9 Å². The normalized spacial score (nSPS) is 21.3. The van der Waals surface area contributed by atoms with Gasteiger partial charge in [0.05, 0.1) is 18.1 Å². The van der Waals surface area contributed by atoms with E-state index in [-0.39, 0.29) is 17.8 Å². The van der Waals surface area contributed by atoms with Crippen molar-refractivity contribution >= 4 is 34.5 Å². The Morgan fingerprint density at radius 1 is 1.26 bits per heavy atom. The second-order valence-corrected chi connectivity index (χ2v) is 9.47. The van der Waals surface area contributed by atoms with Gasteiger partial charge in [0.2, 0.25) is 0 Å². The smallest absolute Gasteiger partial charge is 0.309 e. The number of pyridine rings is 1. The number of amides is 1. The van der Waals surface area contributed by atoms with E-state index in [0.29, 0.717) is 29.2 Å². The number of esters is 1. The molecule has 1 saturated heterocycles. The quantitative estimate of drug-likeness (QED) is 0.514. The number of piperidine rings is 1. The summed E-state index contributed by atoms with van der Waals surface area (Å²) in [7, 11) is 0. The first-order chi connectivity index (χ1) is 16.8. The van der Waals surface area contributed by atoms with E-state index in [1.165, 1.54) is 12.1 Å².